The Morgan fingerprint density at radius 1 is 1.04 bits per heavy atom. The Bertz CT molecular complexity index is 1580. The molecule has 48 heavy (non-hydrogen) atoms. The number of alkyl halides is 2. The van der Waals surface area contributed by atoms with Crippen molar-refractivity contribution in [1.29, 1.82) is 0 Å². The molecule has 0 spiro atoms. The summed E-state index contributed by atoms with van der Waals surface area (Å²) in [7, 11) is 0. The molecule has 1 saturated carbocycles. The van der Waals surface area contributed by atoms with Crippen LogP contribution in [-0.2, 0) is 43.2 Å². The molecule has 1 unspecified atom stereocenters. The van der Waals surface area contributed by atoms with Gasteiger partial charge in [0.05, 0.1) is 22.3 Å². The topological polar surface area (TPSA) is 124 Å². The fraction of sp³-hybridized carbons (Fsp3) is 0.424. The second kappa shape index (κ2) is 16.7. The Kier molecular flexibility index (Phi) is 13.0. The number of carbonyl (C=O) groups excluding carboxylic acids is 2. The summed E-state index contributed by atoms with van der Waals surface area (Å²) in [5.41, 5.74) is 1.20. The predicted octanol–water partition coefficient (Wildman–Crippen LogP) is 7.52. The number of halogens is 4. The SMILES string of the molecule is CC(C)(C)OC(=O)CN(c1ccc(CCC(=O)O[C@@H](Cc2c(Cl)cncc2Cl)c2ccc(OC(F)F)c(OCC3CC3)c2)cc1)S(=O)O. The molecule has 0 amide bonds. The van der Waals surface area contributed by atoms with Gasteiger partial charge in [-0.3, -0.25) is 23.4 Å². The lowest BCUT2D eigenvalue weighted by atomic mass is 10.0. The normalized spacial score (nSPS) is 14.3. The predicted molar refractivity (Wildman–Crippen MR) is 177 cm³/mol. The Morgan fingerprint density at radius 2 is 1.71 bits per heavy atom. The van der Waals surface area contributed by atoms with Crippen LogP contribution in [-0.4, -0.2) is 51.0 Å². The fourth-order valence-corrected chi connectivity index (χ4v) is 5.63. The first-order valence-electron chi connectivity index (χ1n) is 15.1. The molecule has 3 aromatic rings. The Labute approximate surface area is 290 Å². The molecule has 4 rings (SSSR count). The molecule has 260 valence electrons. The van der Waals surface area contributed by atoms with Crippen molar-refractivity contribution in [2.24, 2.45) is 5.92 Å². The van der Waals surface area contributed by atoms with Gasteiger partial charge in [0.25, 0.3) is 11.3 Å². The van der Waals surface area contributed by atoms with E-state index in [0.717, 1.165) is 22.7 Å². The lowest BCUT2D eigenvalue weighted by Crippen LogP contribution is -2.35. The quantitative estimate of drug-likeness (QED) is 0.118. The van der Waals surface area contributed by atoms with Gasteiger partial charge in [-0.05, 0) is 86.9 Å². The average Bonchev–Trinajstić information content (AvgIpc) is 3.83. The number of pyridine rings is 1. The lowest BCUT2D eigenvalue weighted by molar-refractivity contribution is -0.153. The third-order valence-corrected chi connectivity index (χ3v) is 8.43. The van der Waals surface area contributed by atoms with Gasteiger partial charge in [0.1, 0.15) is 18.2 Å². The van der Waals surface area contributed by atoms with E-state index in [1.165, 1.54) is 30.6 Å². The monoisotopic (exact) mass is 728 g/mol. The Hall–Kier alpha value is -3.52. The first kappa shape index (κ1) is 37.3. The molecule has 2 atom stereocenters. The number of carbonyl (C=O) groups is 2. The third-order valence-electron chi connectivity index (χ3n) is 7.07. The van der Waals surface area contributed by atoms with Crippen molar-refractivity contribution in [2.75, 3.05) is 17.5 Å². The lowest BCUT2D eigenvalue weighted by Gasteiger charge is -2.23. The Morgan fingerprint density at radius 3 is 2.29 bits per heavy atom. The van der Waals surface area contributed by atoms with Crippen LogP contribution in [0.15, 0.2) is 54.9 Å². The molecule has 0 aliphatic heterocycles. The van der Waals surface area contributed by atoms with Gasteiger partial charge in [0.15, 0.2) is 11.5 Å². The van der Waals surface area contributed by atoms with Crippen LogP contribution in [0.1, 0.15) is 62.8 Å². The molecule has 10 nitrogen and oxygen atoms in total. The maximum absolute atomic E-state index is 13.2. The van der Waals surface area contributed by atoms with Crippen LogP contribution in [0, 0.1) is 5.92 Å². The molecule has 1 aromatic heterocycles. The summed E-state index contributed by atoms with van der Waals surface area (Å²) in [6, 6.07) is 10.8. The fourth-order valence-electron chi connectivity index (χ4n) is 4.59. The van der Waals surface area contributed by atoms with Crippen molar-refractivity contribution in [2.45, 2.75) is 71.2 Å². The standard InChI is InChI=1S/C33H36Cl2F2N2O8S/c1-33(2,3)47-31(41)18-39(48(42)43)23-10-6-20(7-11-23)8-13-30(40)45-28(15-24-25(34)16-38-17-26(24)35)22-9-12-27(46-32(36)37)29(14-22)44-19-21-4-5-21/h6-7,9-12,14,16-17,21,28,32H,4-5,8,13,15,18-19H2,1-3H3,(H,42,43)/t28-/m0/s1. The second-order valence-electron chi connectivity index (χ2n) is 12.1. The van der Waals surface area contributed by atoms with Gasteiger partial charge in [0.2, 0.25) is 0 Å². The number of esters is 2. The minimum atomic E-state index is -3.06. The van der Waals surface area contributed by atoms with Crippen molar-refractivity contribution in [1.82, 2.24) is 4.98 Å². The van der Waals surface area contributed by atoms with Crippen molar-refractivity contribution in [3.05, 3.63) is 81.6 Å². The zero-order valence-electron chi connectivity index (χ0n) is 26.5. The first-order valence-corrected chi connectivity index (χ1v) is 16.9. The van der Waals surface area contributed by atoms with Crippen LogP contribution >= 0.6 is 23.2 Å². The van der Waals surface area contributed by atoms with Gasteiger partial charge >= 0.3 is 18.6 Å². The van der Waals surface area contributed by atoms with Crippen molar-refractivity contribution in [3.63, 3.8) is 0 Å². The highest BCUT2D eigenvalue weighted by atomic mass is 35.5. The smallest absolute Gasteiger partial charge is 0.387 e. The molecule has 0 bridgehead atoms. The first-order chi connectivity index (χ1) is 22.7. The summed E-state index contributed by atoms with van der Waals surface area (Å²) >= 11 is 10.3. The van der Waals surface area contributed by atoms with Crippen molar-refractivity contribution < 1.29 is 46.1 Å². The van der Waals surface area contributed by atoms with Gasteiger partial charge in [0, 0.05) is 25.2 Å². The summed E-state index contributed by atoms with van der Waals surface area (Å²) in [5.74, 6) is -0.945. The highest BCUT2D eigenvalue weighted by molar-refractivity contribution is 7.80. The van der Waals surface area contributed by atoms with E-state index in [-0.39, 0.29) is 40.8 Å². The summed E-state index contributed by atoms with van der Waals surface area (Å²) < 4.78 is 70.6. The van der Waals surface area contributed by atoms with Crippen LogP contribution in [0.4, 0.5) is 14.5 Å². The molecule has 0 radical (unpaired) electrons. The van der Waals surface area contributed by atoms with E-state index >= 15 is 0 Å². The van der Waals surface area contributed by atoms with E-state index in [9.17, 15) is 27.1 Å². The third kappa shape index (κ3) is 11.6. The van der Waals surface area contributed by atoms with Crippen LogP contribution in [0.25, 0.3) is 0 Å². The minimum absolute atomic E-state index is 0.0428. The Balaban J connectivity index is 1.48. The molecule has 2 aromatic carbocycles. The molecule has 1 aliphatic rings. The van der Waals surface area contributed by atoms with Crippen LogP contribution in [0.2, 0.25) is 10.0 Å². The van der Waals surface area contributed by atoms with Gasteiger partial charge < -0.3 is 18.9 Å². The van der Waals surface area contributed by atoms with Gasteiger partial charge in [-0.2, -0.15) is 8.78 Å². The van der Waals surface area contributed by atoms with E-state index < -0.39 is 48.1 Å². The van der Waals surface area contributed by atoms with Crippen molar-refractivity contribution in [3.8, 4) is 11.5 Å². The van der Waals surface area contributed by atoms with E-state index in [1.807, 2.05) is 0 Å². The van der Waals surface area contributed by atoms with E-state index in [2.05, 4.69) is 9.72 Å². The summed E-state index contributed by atoms with van der Waals surface area (Å²) in [4.78, 5) is 29.4. The minimum Gasteiger partial charge on any atom is -0.489 e. The summed E-state index contributed by atoms with van der Waals surface area (Å²) in [6.07, 6.45) is 4.14. The summed E-state index contributed by atoms with van der Waals surface area (Å²) in [6.45, 7) is 1.91. The van der Waals surface area contributed by atoms with Gasteiger partial charge in [-0.1, -0.05) is 41.4 Å². The van der Waals surface area contributed by atoms with Crippen LogP contribution in [0.3, 0.4) is 0 Å². The zero-order valence-corrected chi connectivity index (χ0v) is 28.8. The summed E-state index contributed by atoms with van der Waals surface area (Å²) in [5, 5.41) is 0.520. The van der Waals surface area contributed by atoms with Gasteiger partial charge in [-0.15, -0.1) is 0 Å². The second-order valence-corrected chi connectivity index (χ2v) is 13.8. The number of aryl methyl sites for hydroxylation is 1. The highest BCUT2D eigenvalue weighted by Crippen LogP contribution is 2.38. The van der Waals surface area contributed by atoms with Gasteiger partial charge in [-0.25, -0.2) is 4.21 Å². The number of ether oxygens (including phenoxy) is 4. The van der Waals surface area contributed by atoms with E-state index in [0.29, 0.717) is 29.3 Å². The number of rotatable bonds is 16. The molecule has 1 fully saturated rings. The molecule has 0 saturated heterocycles. The molecule has 15 heteroatoms. The largest absolute Gasteiger partial charge is 0.489 e. The average molecular weight is 730 g/mol. The number of nitrogens with zero attached hydrogens (tertiary/aromatic N) is 2. The molecular weight excluding hydrogens is 693 g/mol. The molecular formula is C33H36Cl2F2N2O8S. The maximum Gasteiger partial charge on any atom is 0.387 e. The van der Waals surface area contributed by atoms with Crippen LogP contribution in [0.5, 0.6) is 11.5 Å². The molecule has 1 heterocycles. The number of hydrogen-bond donors (Lipinski definition) is 1. The number of anilines is 1. The zero-order chi connectivity index (χ0) is 35.0. The van der Waals surface area contributed by atoms with E-state index in [4.69, 9.17) is 37.4 Å². The highest BCUT2D eigenvalue weighted by Gasteiger charge is 2.26. The van der Waals surface area contributed by atoms with Crippen molar-refractivity contribution >= 4 is 52.1 Å². The maximum atomic E-state index is 13.2. The molecule has 1 N–H and O–H groups in total. The molecule has 1 aliphatic carbocycles. The van der Waals surface area contributed by atoms with E-state index in [1.54, 1.807) is 45.0 Å². The van der Waals surface area contributed by atoms with Crippen LogP contribution < -0.4 is 13.8 Å². The number of aromatic nitrogens is 1. The number of hydrogen-bond acceptors (Lipinski definition) is 8. The number of benzene rings is 2.